The summed E-state index contributed by atoms with van der Waals surface area (Å²) in [6, 6.07) is 13.7. The van der Waals surface area contributed by atoms with Gasteiger partial charge in [0.1, 0.15) is 16.5 Å². The third kappa shape index (κ3) is 4.46. The molecule has 0 radical (unpaired) electrons. The molecule has 1 amide bonds. The summed E-state index contributed by atoms with van der Waals surface area (Å²) in [6.45, 7) is 9.82. The summed E-state index contributed by atoms with van der Waals surface area (Å²) in [7, 11) is 0. The molecular weight excluding hydrogens is 450 g/mol. The van der Waals surface area contributed by atoms with Crippen molar-refractivity contribution in [2.75, 3.05) is 4.90 Å². The molecule has 2 heterocycles. The SMILES string of the molecule is Cc1nnc(N2C(=O)C(=O)/C(=C(\O)c3ccc(OC(C)C)cc3)C2c2ccc(C(C)C)cc2)s1. The molecule has 1 N–H and O–H groups in total. The minimum absolute atomic E-state index is 0.00828. The van der Waals surface area contributed by atoms with Gasteiger partial charge >= 0.3 is 5.91 Å². The van der Waals surface area contributed by atoms with Gasteiger partial charge in [-0.15, -0.1) is 10.2 Å². The van der Waals surface area contributed by atoms with Crippen LogP contribution in [0.4, 0.5) is 5.13 Å². The number of aromatic nitrogens is 2. The lowest BCUT2D eigenvalue weighted by molar-refractivity contribution is -0.132. The van der Waals surface area contributed by atoms with Crippen LogP contribution >= 0.6 is 11.3 Å². The van der Waals surface area contributed by atoms with Crippen molar-refractivity contribution in [2.24, 2.45) is 0 Å². The maximum atomic E-state index is 13.2. The number of Topliss-reactive ketones (excluding diaryl/α,β-unsaturated/α-hetero) is 1. The van der Waals surface area contributed by atoms with Crippen molar-refractivity contribution in [1.29, 1.82) is 0 Å². The fourth-order valence-corrected chi connectivity index (χ4v) is 4.63. The van der Waals surface area contributed by atoms with Gasteiger partial charge < -0.3 is 9.84 Å². The van der Waals surface area contributed by atoms with Gasteiger partial charge in [-0.05, 0) is 62.1 Å². The Morgan fingerprint density at radius 3 is 2.18 bits per heavy atom. The van der Waals surface area contributed by atoms with Gasteiger partial charge in [-0.25, -0.2) is 0 Å². The monoisotopic (exact) mass is 477 g/mol. The van der Waals surface area contributed by atoms with Gasteiger partial charge in [-0.3, -0.25) is 14.5 Å². The van der Waals surface area contributed by atoms with Crippen molar-refractivity contribution in [3.8, 4) is 5.75 Å². The van der Waals surface area contributed by atoms with Crippen LogP contribution < -0.4 is 9.64 Å². The predicted octanol–water partition coefficient (Wildman–Crippen LogP) is 5.38. The van der Waals surface area contributed by atoms with Crippen LogP contribution in [0, 0.1) is 6.92 Å². The van der Waals surface area contributed by atoms with Crippen molar-refractivity contribution >= 4 is 33.9 Å². The van der Waals surface area contributed by atoms with Gasteiger partial charge in [-0.1, -0.05) is 49.4 Å². The van der Waals surface area contributed by atoms with Crippen LogP contribution in [0.15, 0.2) is 54.1 Å². The first-order valence-electron chi connectivity index (χ1n) is 11.2. The molecule has 176 valence electrons. The number of anilines is 1. The molecule has 3 aromatic rings. The van der Waals surface area contributed by atoms with E-state index < -0.39 is 17.7 Å². The maximum absolute atomic E-state index is 13.2. The number of benzene rings is 2. The molecule has 1 aliphatic rings. The summed E-state index contributed by atoms with van der Waals surface area (Å²) in [6.07, 6.45) is 0.00828. The van der Waals surface area contributed by atoms with E-state index in [1.807, 2.05) is 38.1 Å². The normalized spacial score (nSPS) is 17.7. The summed E-state index contributed by atoms with van der Waals surface area (Å²) in [5, 5.41) is 20.4. The maximum Gasteiger partial charge on any atom is 0.301 e. The largest absolute Gasteiger partial charge is 0.507 e. The number of hydrogen-bond acceptors (Lipinski definition) is 7. The molecule has 34 heavy (non-hydrogen) atoms. The van der Waals surface area contributed by atoms with Gasteiger partial charge in [0.05, 0.1) is 17.7 Å². The van der Waals surface area contributed by atoms with Crippen LogP contribution in [0.3, 0.4) is 0 Å². The highest BCUT2D eigenvalue weighted by Gasteiger charge is 2.48. The summed E-state index contributed by atoms with van der Waals surface area (Å²) in [4.78, 5) is 27.7. The highest BCUT2D eigenvalue weighted by atomic mass is 32.1. The van der Waals surface area contributed by atoms with Crippen molar-refractivity contribution in [3.05, 3.63) is 75.8 Å². The molecule has 1 fully saturated rings. The van der Waals surface area contributed by atoms with E-state index in [2.05, 4.69) is 24.0 Å². The number of ketones is 1. The predicted molar refractivity (Wildman–Crippen MR) is 132 cm³/mol. The molecule has 0 saturated carbocycles. The number of nitrogens with zero attached hydrogens (tertiary/aromatic N) is 3. The molecular formula is C26H27N3O4S. The molecule has 1 unspecified atom stereocenters. The van der Waals surface area contributed by atoms with Crippen LogP contribution in [-0.4, -0.2) is 33.1 Å². The van der Waals surface area contributed by atoms with Crippen LogP contribution in [0.5, 0.6) is 5.75 Å². The molecule has 2 aromatic carbocycles. The molecule has 7 nitrogen and oxygen atoms in total. The lowest BCUT2D eigenvalue weighted by Crippen LogP contribution is -2.29. The number of aliphatic hydroxyl groups excluding tert-OH is 1. The molecule has 1 aliphatic heterocycles. The first-order valence-corrected chi connectivity index (χ1v) is 12.0. The fourth-order valence-electron chi connectivity index (χ4n) is 3.91. The molecule has 1 aromatic heterocycles. The second kappa shape index (κ2) is 9.38. The van der Waals surface area contributed by atoms with E-state index in [1.54, 1.807) is 31.2 Å². The van der Waals surface area contributed by atoms with E-state index in [-0.39, 0.29) is 17.4 Å². The van der Waals surface area contributed by atoms with Gasteiger partial charge in [0.2, 0.25) is 5.13 Å². The van der Waals surface area contributed by atoms with Gasteiger partial charge in [0, 0.05) is 5.56 Å². The zero-order chi connectivity index (χ0) is 24.6. The molecule has 1 saturated heterocycles. The van der Waals surface area contributed by atoms with Crippen molar-refractivity contribution in [3.63, 3.8) is 0 Å². The molecule has 4 rings (SSSR count). The van der Waals surface area contributed by atoms with Crippen LogP contribution in [0.25, 0.3) is 5.76 Å². The Bertz CT molecular complexity index is 1240. The van der Waals surface area contributed by atoms with Crippen molar-refractivity contribution in [2.45, 2.75) is 52.7 Å². The standard InChI is InChI=1S/C26H27N3O4S/c1-14(2)17-6-8-18(9-7-17)22-21(23(30)19-10-12-20(13-11-19)33-15(3)4)24(31)25(32)29(22)26-28-27-16(5)34-26/h6-15,22,30H,1-5H3/b23-21-. The summed E-state index contributed by atoms with van der Waals surface area (Å²) < 4.78 is 5.67. The second-order valence-electron chi connectivity index (χ2n) is 8.79. The first-order chi connectivity index (χ1) is 16.2. The molecule has 1 atom stereocenters. The lowest BCUT2D eigenvalue weighted by Gasteiger charge is -2.23. The van der Waals surface area contributed by atoms with Crippen LogP contribution in [0.2, 0.25) is 0 Å². The van der Waals surface area contributed by atoms with Crippen molar-refractivity contribution < 1.29 is 19.4 Å². The van der Waals surface area contributed by atoms with Crippen LogP contribution in [-0.2, 0) is 9.59 Å². The summed E-state index contributed by atoms with van der Waals surface area (Å²) >= 11 is 1.22. The number of aryl methyl sites for hydroxylation is 1. The number of amides is 1. The van der Waals surface area contributed by atoms with E-state index in [1.165, 1.54) is 16.2 Å². The third-order valence-corrected chi connectivity index (χ3v) is 6.42. The van der Waals surface area contributed by atoms with Crippen LogP contribution in [0.1, 0.15) is 61.4 Å². The lowest BCUT2D eigenvalue weighted by atomic mass is 9.93. The number of carbonyl (C=O) groups is 2. The zero-order valence-electron chi connectivity index (χ0n) is 19.8. The number of aliphatic hydroxyl groups is 1. The Hall–Kier alpha value is -3.52. The van der Waals surface area contributed by atoms with E-state index in [4.69, 9.17) is 4.74 Å². The average molecular weight is 478 g/mol. The highest BCUT2D eigenvalue weighted by molar-refractivity contribution is 7.15. The smallest absolute Gasteiger partial charge is 0.301 e. The number of rotatable bonds is 6. The molecule has 8 heteroatoms. The number of ether oxygens (including phenoxy) is 1. The average Bonchev–Trinajstić information content (AvgIpc) is 3.34. The minimum Gasteiger partial charge on any atom is -0.507 e. The Morgan fingerprint density at radius 2 is 1.65 bits per heavy atom. The van der Waals surface area contributed by atoms with E-state index in [9.17, 15) is 14.7 Å². The van der Waals surface area contributed by atoms with Gasteiger partial charge in [0.15, 0.2) is 0 Å². The number of hydrogen-bond donors (Lipinski definition) is 1. The number of carbonyl (C=O) groups excluding carboxylic acids is 2. The second-order valence-corrected chi connectivity index (χ2v) is 9.95. The summed E-state index contributed by atoms with van der Waals surface area (Å²) in [5.74, 6) is -0.757. The summed E-state index contributed by atoms with van der Waals surface area (Å²) in [5.41, 5.74) is 2.28. The Morgan fingerprint density at radius 1 is 1.00 bits per heavy atom. The fraction of sp³-hybridized carbons (Fsp3) is 0.308. The molecule has 0 aliphatic carbocycles. The van der Waals surface area contributed by atoms with E-state index in [0.29, 0.717) is 32.9 Å². The Labute approximate surface area is 202 Å². The van der Waals surface area contributed by atoms with E-state index >= 15 is 0 Å². The molecule has 0 spiro atoms. The Kier molecular flexibility index (Phi) is 6.52. The van der Waals surface area contributed by atoms with Crippen molar-refractivity contribution in [1.82, 2.24) is 10.2 Å². The minimum atomic E-state index is -0.819. The first kappa shape index (κ1) is 23.6. The highest BCUT2D eigenvalue weighted by Crippen LogP contribution is 2.43. The third-order valence-electron chi connectivity index (χ3n) is 5.58. The zero-order valence-corrected chi connectivity index (χ0v) is 20.6. The van der Waals surface area contributed by atoms with E-state index in [0.717, 1.165) is 5.56 Å². The quantitative estimate of drug-likeness (QED) is 0.291. The topological polar surface area (TPSA) is 92.6 Å². The van der Waals surface area contributed by atoms with Gasteiger partial charge in [-0.2, -0.15) is 0 Å². The Balaban J connectivity index is 1.84. The molecule has 0 bridgehead atoms. The van der Waals surface area contributed by atoms with Gasteiger partial charge in [0.25, 0.3) is 5.78 Å².